The number of aromatic carboxylic acids is 1. The van der Waals surface area contributed by atoms with Gasteiger partial charge in [-0.3, -0.25) is 24.1 Å². The van der Waals surface area contributed by atoms with Crippen LogP contribution >= 0.6 is 0 Å². The predicted octanol–water partition coefficient (Wildman–Crippen LogP) is 2.78. The summed E-state index contributed by atoms with van der Waals surface area (Å²) in [6.07, 6.45) is -0.416. The zero-order chi connectivity index (χ0) is 29.0. The molecule has 4 amide bonds. The summed E-state index contributed by atoms with van der Waals surface area (Å²) in [6, 6.07) is 13.9. The molecule has 0 bridgehead atoms. The number of hydrogen-bond donors (Lipinski definition) is 2. The Morgan fingerprint density at radius 2 is 1.65 bits per heavy atom. The maximum absolute atomic E-state index is 13.7. The molecule has 0 saturated heterocycles. The van der Waals surface area contributed by atoms with E-state index in [-0.39, 0.29) is 28.1 Å². The average Bonchev–Trinajstić information content (AvgIpc) is 3.17. The third-order valence-electron chi connectivity index (χ3n) is 6.24. The van der Waals surface area contributed by atoms with Crippen LogP contribution in [-0.2, 0) is 9.59 Å². The molecule has 11 heteroatoms. The van der Waals surface area contributed by atoms with E-state index in [2.05, 4.69) is 10.6 Å². The zero-order valence-electron chi connectivity index (χ0n) is 22.0. The molecule has 0 fully saturated rings. The largest absolute Gasteiger partial charge is 0.545 e. The Bertz CT molecular complexity index is 1520. The predicted molar refractivity (Wildman–Crippen MR) is 142 cm³/mol. The van der Waals surface area contributed by atoms with Crippen LogP contribution in [0, 0.1) is 0 Å². The van der Waals surface area contributed by atoms with Gasteiger partial charge < -0.3 is 30.0 Å². The zero-order valence-corrected chi connectivity index (χ0v) is 22.0. The van der Waals surface area contributed by atoms with Crippen LogP contribution in [0.15, 0.2) is 60.7 Å². The highest BCUT2D eigenvalue weighted by molar-refractivity contribution is 6.24. The van der Waals surface area contributed by atoms with E-state index in [0.717, 1.165) is 4.90 Å². The average molecular weight is 545 g/mol. The van der Waals surface area contributed by atoms with E-state index < -0.39 is 42.1 Å². The molecule has 1 aliphatic rings. The van der Waals surface area contributed by atoms with Crippen molar-refractivity contribution in [1.82, 2.24) is 4.90 Å². The molecule has 2 N–H and O–H groups in total. The number of rotatable bonds is 10. The first-order valence-corrected chi connectivity index (χ1v) is 12.4. The summed E-state index contributed by atoms with van der Waals surface area (Å²) in [6.45, 7) is 3.36. The molecule has 206 valence electrons. The highest BCUT2D eigenvalue weighted by Crippen LogP contribution is 2.39. The van der Waals surface area contributed by atoms with Crippen LogP contribution in [0.4, 0.5) is 11.4 Å². The van der Waals surface area contributed by atoms with E-state index in [9.17, 15) is 29.1 Å². The number of fused-ring (bicyclic) bond motifs is 1. The van der Waals surface area contributed by atoms with Crippen LogP contribution < -0.4 is 25.2 Å². The van der Waals surface area contributed by atoms with Crippen LogP contribution in [0.1, 0.15) is 62.9 Å². The number of nitrogens with one attached hydrogen (secondary N) is 2. The standard InChI is InChI=1S/C29H27N3O8/c1-4-40-24-14-17(12-13-23(24)39-3)22(15-25(34)31-20-10-6-5-8-18(20)29(37)38)32-27(35)19-9-7-11-21(30-16(2)33)26(19)28(32)36/h5-14,22H,4,15H2,1-3H3,(H,30,33)(H,31,34)(H,37,38)/p-1. The summed E-state index contributed by atoms with van der Waals surface area (Å²) in [5.74, 6) is -3.18. The first kappa shape index (κ1) is 27.8. The van der Waals surface area contributed by atoms with Gasteiger partial charge >= 0.3 is 0 Å². The Balaban J connectivity index is 1.77. The van der Waals surface area contributed by atoms with E-state index in [1.807, 2.05) is 0 Å². The molecule has 11 nitrogen and oxygen atoms in total. The fourth-order valence-corrected chi connectivity index (χ4v) is 4.55. The van der Waals surface area contributed by atoms with Gasteiger partial charge in [-0.15, -0.1) is 0 Å². The molecule has 1 unspecified atom stereocenters. The number of imide groups is 1. The lowest BCUT2D eigenvalue weighted by atomic mass is 10.00. The number of methoxy groups -OCH3 is 1. The molecule has 3 aromatic carbocycles. The number of carbonyl (C=O) groups is 5. The number of anilines is 2. The third-order valence-corrected chi connectivity index (χ3v) is 6.24. The molecular formula is C29H26N3O8-. The van der Waals surface area contributed by atoms with Crippen molar-refractivity contribution in [2.75, 3.05) is 24.4 Å². The van der Waals surface area contributed by atoms with Crippen molar-refractivity contribution in [1.29, 1.82) is 0 Å². The van der Waals surface area contributed by atoms with Crippen LogP contribution in [0.3, 0.4) is 0 Å². The smallest absolute Gasteiger partial charge is 0.264 e. The molecular weight excluding hydrogens is 518 g/mol. The van der Waals surface area contributed by atoms with Gasteiger partial charge in [0.2, 0.25) is 11.8 Å². The van der Waals surface area contributed by atoms with Gasteiger partial charge in [0.05, 0.1) is 49.0 Å². The fraction of sp³-hybridized carbons (Fsp3) is 0.207. The van der Waals surface area contributed by atoms with Crippen molar-refractivity contribution in [2.24, 2.45) is 0 Å². The summed E-state index contributed by atoms with van der Waals surface area (Å²) in [7, 11) is 1.46. The van der Waals surface area contributed by atoms with Gasteiger partial charge in [0, 0.05) is 18.2 Å². The number of nitrogens with zero attached hydrogens (tertiary/aromatic N) is 1. The Hall–Kier alpha value is -5.19. The number of amides is 4. The second kappa shape index (κ2) is 11.7. The summed E-state index contributed by atoms with van der Waals surface area (Å²) >= 11 is 0. The first-order chi connectivity index (χ1) is 19.2. The lowest BCUT2D eigenvalue weighted by Gasteiger charge is -2.27. The highest BCUT2D eigenvalue weighted by Gasteiger charge is 2.43. The van der Waals surface area contributed by atoms with Crippen molar-refractivity contribution in [3.8, 4) is 11.5 Å². The van der Waals surface area contributed by atoms with Crippen molar-refractivity contribution in [3.63, 3.8) is 0 Å². The second-order valence-electron chi connectivity index (χ2n) is 8.83. The van der Waals surface area contributed by atoms with Crippen LogP contribution in [0.2, 0.25) is 0 Å². The highest BCUT2D eigenvalue weighted by atomic mass is 16.5. The van der Waals surface area contributed by atoms with Gasteiger partial charge in [-0.2, -0.15) is 0 Å². The molecule has 0 radical (unpaired) electrons. The Kier molecular flexibility index (Phi) is 8.13. The lowest BCUT2D eigenvalue weighted by molar-refractivity contribution is -0.254. The number of benzene rings is 3. The minimum absolute atomic E-state index is 0.00583. The van der Waals surface area contributed by atoms with Gasteiger partial charge in [0.15, 0.2) is 11.5 Å². The van der Waals surface area contributed by atoms with Crippen LogP contribution in [0.25, 0.3) is 0 Å². The molecule has 3 aromatic rings. The SMILES string of the molecule is CCOc1cc(C(CC(=O)Nc2ccccc2C(=O)[O-])N2C(=O)c3cccc(NC(C)=O)c3C2=O)ccc1OC. The van der Waals surface area contributed by atoms with E-state index in [4.69, 9.17) is 9.47 Å². The minimum Gasteiger partial charge on any atom is -0.545 e. The number of hydrogen-bond acceptors (Lipinski definition) is 8. The van der Waals surface area contributed by atoms with Crippen LogP contribution in [-0.4, -0.2) is 48.2 Å². The van der Waals surface area contributed by atoms with Gasteiger partial charge in [0.1, 0.15) is 0 Å². The number of para-hydroxylation sites is 1. The summed E-state index contributed by atoms with van der Waals surface area (Å²) < 4.78 is 11.0. The second-order valence-corrected chi connectivity index (χ2v) is 8.83. The maximum atomic E-state index is 13.7. The van der Waals surface area contributed by atoms with Gasteiger partial charge in [-0.05, 0) is 42.8 Å². The molecule has 0 aromatic heterocycles. The third kappa shape index (κ3) is 5.48. The Morgan fingerprint density at radius 3 is 2.33 bits per heavy atom. The topological polar surface area (TPSA) is 154 Å². The van der Waals surface area contributed by atoms with Crippen molar-refractivity contribution in [3.05, 3.63) is 82.9 Å². The lowest BCUT2D eigenvalue weighted by Crippen LogP contribution is -2.36. The van der Waals surface area contributed by atoms with Crippen molar-refractivity contribution in [2.45, 2.75) is 26.3 Å². The van der Waals surface area contributed by atoms with E-state index in [1.54, 1.807) is 31.2 Å². The number of carboxylic acid groups (broad SMARTS) is 1. The monoisotopic (exact) mass is 544 g/mol. The number of carbonyl (C=O) groups excluding carboxylic acids is 5. The molecule has 1 aliphatic heterocycles. The molecule has 0 saturated carbocycles. The minimum atomic E-state index is -1.48. The summed E-state index contributed by atoms with van der Waals surface area (Å²) in [4.78, 5) is 64.8. The van der Waals surface area contributed by atoms with E-state index in [1.165, 1.54) is 50.4 Å². The maximum Gasteiger partial charge on any atom is 0.264 e. The molecule has 0 spiro atoms. The normalized spacial score (nSPS) is 12.9. The number of carboxylic acids is 1. The molecule has 1 heterocycles. The van der Waals surface area contributed by atoms with E-state index in [0.29, 0.717) is 23.7 Å². The Morgan fingerprint density at radius 1 is 0.925 bits per heavy atom. The van der Waals surface area contributed by atoms with Gasteiger partial charge in [0.25, 0.3) is 11.8 Å². The summed E-state index contributed by atoms with van der Waals surface area (Å²) in [5, 5.41) is 16.6. The number of ether oxygens (including phenoxy) is 2. The Labute approximate surface area is 229 Å². The van der Waals surface area contributed by atoms with Gasteiger partial charge in [-0.25, -0.2) is 0 Å². The van der Waals surface area contributed by atoms with Crippen LogP contribution in [0.5, 0.6) is 11.5 Å². The van der Waals surface area contributed by atoms with Crippen molar-refractivity contribution >= 4 is 41.0 Å². The molecule has 4 rings (SSSR count). The van der Waals surface area contributed by atoms with E-state index >= 15 is 0 Å². The molecule has 1 atom stereocenters. The molecule has 0 aliphatic carbocycles. The quantitative estimate of drug-likeness (QED) is 0.369. The molecule has 40 heavy (non-hydrogen) atoms. The van der Waals surface area contributed by atoms with Crippen molar-refractivity contribution < 1.29 is 38.6 Å². The fourth-order valence-electron chi connectivity index (χ4n) is 4.55. The summed E-state index contributed by atoms with van der Waals surface area (Å²) in [5.41, 5.74) is 0.420. The van der Waals surface area contributed by atoms with Gasteiger partial charge in [-0.1, -0.05) is 30.3 Å². The first-order valence-electron chi connectivity index (χ1n) is 12.4.